The van der Waals surface area contributed by atoms with Crippen LogP contribution in [0.15, 0.2) is 0 Å². The summed E-state index contributed by atoms with van der Waals surface area (Å²) in [5, 5.41) is 9.94. The van der Waals surface area contributed by atoms with E-state index in [-0.39, 0.29) is 23.4 Å². The van der Waals surface area contributed by atoms with Crippen LogP contribution in [0.4, 0.5) is 0 Å². The summed E-state index contributed by atoms with van der Waals surface area (Å²) in [6.07, 6.45) is 1.43. The molecule has 1 saturated heterocycles. The number of aliphatic hydroxyl groups excluding tert-OH is 1. The topological polar surface area (TPSA) is 38.7 Å². The van der Waals surface area contributed by atoms with Gasteiger partial charge in [0.15, 0.2) is 8.32 Å². The lowest BCUT2D eigenvalue weighted by Crippen LogP contribution is -2.45. The van der Waals surface area contributed by atoms with E-state index in [1.54, 1.807) is 0 Å². The van der Waals surface area contributed by atoms with Gasteiger partial charge in [-0.25, -0.2) is 0 Å². The van der Waals surface area contributed by atoms with Crippen molar-refractivity contribution < 1.29 is 14.3 Å². The van der Waals surface area contributed by atoms with E-state index in [1.165, 1.54) is 0 Å². The average molecular weight is 260 g/mol. The fourth-order valence-corrected chi connectivity index (χ4v) is 2.88. The minimum atomic E-state index is -1.69. The molecule has 1 N–H and O–H groups in total. The zero-order valence-electron chi connectivity index (χ0n) is 12.1. The molecular weight excluding hydrogens is 232 g/mol. The quantitative estimate of drug-likeness (QED) is 0.793. The second kappa shape index (κ2) is 5.39. The van der Waals surface area contributed by atoms with Crippen molar-refractivity contribution in [2.75, 3.05) is 6.61 Å². The molecule has 3 nitrogen and oxygen atoms in total. The molecule has 0 amide bonds. The Morgan fingerprint density at radius 1 is 1.29 bits per heavy atom. The maximum Gasteiger partial charge on any atom is 0.192 e. The van der Waals surface area contributed by atoms with E-state index < -0.39 is 8.32 Å². The van der Waals surface area contributed by atoms with Gasteiger partial charge in [0.05, 0.1) is 24.9 Å². The number of hydrogen-bond donors (Lipinski definition) is 1. The monoisotopic (exact) mass is 260 g/mol. The number of ether oxygens (including phenoxy) is 1. The Balaban J connectivity index is 2.45. The van der Waals surface area contributed by atoms with Gasteiger partial charge in [-0.1, -0.05) is 20.8 Å². The van der Waals surface area contributed by atoms with Gasteiger partial charge >= 0.3 is 0 Å². The first kappa shape index (κ1) is 15.2. The molecule has 1 fully saturated rings. The Bertz CT molecular complexity index is 238. The molecule has 1 aliphatic rings. The lowest BCUT2D eigenvalue weighted by atomic mass is 10.0. The van der Waals surface area contributed by atoms with Crippen LogP contribution in [0, 0.1) is 0 Å². The van der Waals surface area contributed by atoms with Crippen LogP contribution in [0.25, 0.3) is 0 Å². The van der Waals surface area contributed by atoms with Crippen molar-refractivity contribution >= 4 is 8.32 Å². The largest absolute Gasteiger partial charge is 0.414 e. The summed E-state index contributed by atoms with van der Waals surface area (Å²) < 4.78 is 11.9. The van der Waals surface area contributed by atoms with Crippen molar-refractivity contribution in [3.05, 3.63) is 0 Å². The summed E-state index contributed by atoms with van der Waals surface area (Å²) in [5.41, 5.74) is 0. The van der Waals surface area contributed by atoms with Gasteiger partial charge in [0, 0.05) is 6.42 Å². The Kier molecular flexibility index (Phi) is 4.80. The molecule has 0 unspecified atom stereocenters. The average Bonchev–Trinajstić information content (AvgIpc) is 2.11. The van der Waals surface area contributed by atoms with Crippen LogP contribution in [0.1, 0.15) is 40.5 Å². The molecule has 0 bridgehead atoms. The molecule has 0 aromatic carbocycles. The van der Waals surface area contributed by atoms with E-state index in [2.05, 4.69) is 33.9 Å². The van der Waals surface area contributed by atoms with Crippen molar-refractivity contribution in [1.82, 2.24) is 0 Å². The standard InChI is InChI=1S/C13H28O3Si/c1-10-7-11(14)8-12(16-10)9-15-17(5,6)13(2,3)4/h10-12,14H,7-9H2,1-6H3/t10-,11+,12-/m1/s1. The van der Waals surface area contributed by atoms with Crippen molar-refractivity contribution in [2.45, 2.75) is 77.0 Å². The summed E-state index contributed by atoms with van der Waals surface area (Å²) in [5.74, 6) is 0. The van der Waals surface area contributed by atoms with Crippen LogP contribution in [-0.4, -0.2) is 38.3 Å². The van der Waals surface area contributed by atoms with Crippen LogP contribution in [0.3, 0.4) is 0 Å². The van der Waals surface area contributed by atoms with Gasteiger partial charge in [-0.2, -0.15) is 0 Å². The van der Waals surface area contributed by atoms with Gasteiger partial charge in [0.1, 0.15) is 0 Å². The second-order valence-corrected chi connectivity index (χ2v) is 11.6. The lowest BCUT2D eigenvalue weighted by molar-refractivity contribution is -0.102. The Hall–Kier alpha value is 0.0969. The first-order chi connectivity index (χ1) is 7.62. The van der Waals surface area contributed by atoms with E-state index >= 15 is 0 Å². The zero-order valence-corrected chi connectivity index (χ0v) is 13.1. The third kappa shape index (κ3) is 4.36. The summed E-state index contributed by atoms with van der Waals surface area (Å²) in [6, 6.07) is 0. The minimum absolute atomic E-state index is 0.0582. The molecule has 0 aromatic rings. The van der Waals surface area contributed by atoms with Gasteiger partial charge in [-0.15, -0.1) is 0 Å². The molecule has 0 spiro atoms. The third-order valence-corrected chi connectivity index (χ3v) is 8.50. The molecule has 102 valence electrons. The van der Waals surface area contributed by atoms with E-state index in [0.29, 0.717) is 13.0 Å². The van der Waals surface area contributed by atoms with Gasteiger partial charge < -0.3 is 14.3 Å². The van der Waals surface area contributed by atoms with Gasteiger partial charge in [0.2, 0.25) is 0 Å². The summed E-state index contributed by atoms with van der Waals surface area (Å²) in [4.78, 5) is 0. The van der Waals surface area contributed by atoms with E-state index in [0.717, 1.165) is 6.42 Å². The van der Waals surface area contributed by atoms with Crippen molar-refractivity contribution in [3.8, 4) is 0 Å². The number of rotatable bonds is 3. The van der Waals surface area contributed by atoms with E-state index in [4.69, 9.17) is 9.16 Å². The van der Waals surface area contributed by atoms with Crippen LogP contribution >= 0.6 is 0 Å². The van der Waals surface area contributed by atoms with Crippen LogP contribution in [-0.2, 0) is 9.16 Å². The fourth-order valence-electron chi connectivity index (χ4n) is 1.85. The number of hydrogen-bond acceptors (Lipinski definition) is 3. The zero-order chi connectivity index (χ0) is 13.3. The first-order valence-electron chi connectivity index (χ1n) is 6.59. The molecule has 0 saturated carbocycles. The summed E-state index contributed by atoms with van der Waals surface area (Å²) in [6.45, 7) is 13.8. The molecule has 0 aromatic heterocycles. The summed E-state index contributed by atoms with van der Waals surface area (Å²) >= 11 is 0. The Morgan fingerprint density at radius 2 is 1.88 bits per heavy atom. The van der Waals surface area contributed by atoms with Gasteiger partial charge in [-0.05, 0) is 31.5 Å². The van der Waals surface area contributed by atoms with Crippen LogP contribution in [0.5, 0.6) is 0 Å². The van der Waals surface area contributed by atoms with Gasteiger partial charge in [-0.3, -0.25) is 0 Å². The molecule has 1 aliphatic heterocycles. The molecule has 1 heterocycles. The molecule has 4 heteroatoms. The first-order valence-corrected chi connectivity index (χ1v) is 9.50. The summed E-state index contributed by atoms with van der Waals surface area (Å²) in [7, 11) is -1.69. The highest BCUT2D eigenvalue weighted by Crippen LogP contribution is 2.37. The Labute approximate surface area is 107 Å². The lowest BCUT2D eigenvalue weighted by Gasteiger charge is -2.39. The minimum Gasteiger partial charge on any atom is -0.414 e. The van der Waals surface area contributed by atoms with E-state index in [9.17, 15) is 5.11 Å². The molecular formula is C13H28O3Si. The van der Waals surface area contributed by atoms with Crippen molar-refractivity contribution in [2.24, 2.45) is 0 Å². The smallest absolute Gasteiger partial charge is 0.192 e. The molecule has 0 aliphatic carbocycles. The molecule has 17 heavy (non-hydrogen) atoms. The Morgan fingerprint density at radius 3 is 2.35 bits per heavy atom. The highest BCUT2D eigenvalue weighted by atomic mass is 28.4. The predicted octanol–water partition coefficient (Wildman–Crippen LogP) is 2.94. The SMILES string of the molecule is C[C@@H]1C[C@H](O)C[C@H](CO[Si](C)(C)C(C)(C)C)O1. The fraction of sp³-hybridized carbons (Fsp3) is 1.00. The highest BCUT2D eigenvalue weighted by molar-refractivity contribution is 6.74. The second-order valence-electron chi connectivity index (χ2n) is 6.77. The molecule has 1 rings (SSSR count). The maximum absolute atomic E-state index is 9.72. The predicted molar refractivity (Wildman–Crippen MR) is 72.7 cm³/mol. The van der Waals surface area contributed by atoms with Crippen molar-refractivity contribution in [1.29, 1.82) is 0 Å². The van der Waals surface area contributed by atoms with Crippen molar-refractivity contribution in [3.63, 3.8) is 0 Å². The normalized spacial score (nSPS) is 31.6. The number of aliphatic hydroxyl groups is 1. The van der Waals surface area contributed by atoms with Gasteiger partial charge in [0.25, 0.3) is 0 Å². The maximum atomic E-state index is 9.72. The third-order valence-electron chi connectivity index (χ3n) is 4.00. The molecule has 3 atom stereocenters. The highest BCUT2D eigenvalue weighted by Gasteiger charge is 2.38. The van der Waals surface area contributed by atoms with E-state index in [1.807, 2.05) is 6.92 Å². The van der Waals surface area contributed by atoms with Crippen LogP contribution in [0.2, 0.25) is 18.1 Å². The van der Waals surface area contributed by atoms with Crippen LogP contribution < -0.4 is 0 Å². The molecule has 0 radical (unpaired) electrons.